The molecule has 13 heavy (non-hydrogen) atoms. The molecule has 0 amide bonds. The molecule has 0 unspecified atom stereocenters. The van der Waals surface area contributed by atoms with Crippen LogP contribution in [0.2, 0.25) is 0 Å². The maximum atomic E-state index is 12.0. The number of aromatic hydroxyl groups is 1. The first kappa shape index (κ1) is 10.1. The molecule has 0 saturated carbocycles. The molecule has 0 spiro atoms. The second-order valence-electron chi connectivity index (χ2n) is 2.21. The van der Waals surface area contributed by atoms with Crippen LogP contribution in [0.3, 0.4) is 0 Å². The second-order valence-corrected chi connectivity index (χ2v) is 3.00. The Labute approximate surface area is 78.3 Å². The van der Waals surface area contributed by atoms with Crippen molar-refractivity contribution in [1.29, 1.82) is 0 Å². The summed E-state index contributed by atoms with van der Waals surface area (Å²) in [6.07, 6.45) is -4.67. The van der Waals surface area contributed by atoms with Crippen molar-refractivity contribution in [1.82, 2.24) is 4.98 Å². The maximum absolute atomic E-state index is 12.0. The fourth-order valence-electron chi connectivity index (χ4n) is 0.682. The number of rotatable bonds is 0. The average molecular weight is 258 g/mol. The molecule has 0 aliphatic carbocycles. The van der Waals surface area contributed by atoms with Gasteiger partial charge in [-0.05, 0) is 15.9 Å². The summed E-state index contributed by atoms with van der Waals surface area (Å²) in [4.78, 5) is 12.3. The first-order valence-corrected chi connectivity index (χ1v) is 3.80. The molecule has 2 N–H and O–H groups in total. The number of halogens is 4. The van der Waals surface area contributed by atoms with Gasteiger partial charge in [0.1, 0.15) is 15.9 Å². The molecule has 0 aliphatic rings. The van der Waals surface area contributed by atoms with Gasteiger partial charge in [0.2, 0.25) is 0 Å². The molecule has 3 nitrogen and oxygen atoms in total. The van der Waals surface area contributed by atoms with Gasteiger partial charge in [-0.1, -0.05) is 0 Å². The van der Waals surface area contributed by atoms with Gasteiger partial charge in [-0.25, -0.2) is 0 Å². The van der Waals surface area contributed by atoms with Crippen molar-refractivity contribution >= 4 is 15.9 Å². The third kappa shape index (κ3) is 2.03. The molecule has 0 aromatic carbocycles. The summed E-state index contributed by atoms with van der Waals surface area (Å²) in [5.74, 6) is -0.740. The van der Waals surface area contributed by atoms with Gasteiger partial charge >= 0.3 is 6.18 Å². The quantitative estimate of drug-likeness (QED) is 0.746. The summed E-state index contributed by atoms with van der Waals surface area (Å²) in [5.41, 5.74) is -2.30. The minimum atomic E-state index is -4.67. The van der Waals surface area contributed by atoms with Gasteiger partial charge in [0, 0.05) is 6.07 Å². The predicted molar refractivity (Wildman–Crippen MR) is 41.4 cm³/mol. The topological polar surface area (TPSA) is 53.1 Å². The lowest BCUT2D eigenvalue weighted by Crippen LogP contribution is -2.16. The van der Waals surface area contributed by atoms with E-state index in [4.69, 9.17) is 5.11 Å². The Bertz CT molecular complexity index is 384. The molecule has 0 atom stereocenters. The highest BCUT2D eigenvalue weighted by molar-refractivity contribution is 9.10. The van der Waals surface area contributed by atoms with Crippen LogP contribution in [0, 0.1) is 0 Å². The largest absolute Gasteiger partial charge is 0.506 e. The zero-order valence-corrected chi connectivity index (χ0v) is 7.53. The number of nitrogens with one attached hydrogen (secondary N) is 1. The third-order valence-electron chi connectivity index (χ3n) is 1.26. The monoisotopic (exact) mass is 257 g/mol. The van der Waals surface area contributed by atoms with E-state index in [1.165, 1.54) is 0 Å². The Balaban J connectivity index is 3.38. The average Bonchev–Trinajstić information content (AvgIpc) is 1.97. The molecule has 0 radical (unpaired) electrons. The van der Waals surface area contributed by atoms with Crippen LogP contribution in [0.15, 0.2) is 15.3 Å². The first-order valence-electron chi connectivity index (χ1n) is 3.01. The number of pyridine rings is 1. The highest BCUT2D eigenvalue weighted by Gasteiger charge is 2.32. The van der Waals surface area contributed by atoms with Gasteiger partial charge in [0.25, 0.3) is 5.56 Å². The van der Waals surface area contributed by atoms with Gasteiger partial charge < -0.3 is 10.1 Å². The molecule has 0 aliphatic heterocycles. The zero-order chi connectivity index (χ0) is 10.2. The van der Waals surface area contributed by atoms with Crippen molar-refractivity contribution in [3.05, 3.63) is 26.6 Å². The molecule has 1 heterocycles. The molecule has 0 bridgehead atoms. The highest BCUT2D eigenvalue weighted by atomic mass is 79.9. The van der Waals surface area contributed by atoms with Crippen LogP contribution in [0.5, 0.6) is 5.75 Å². The maximum Gasteiger partial charge on any atom is 0.431 e. The summed E-state index contributed by atoms with van der Waals surface area (Å²) in [5, 5.41) is 8.88. The Morgan fingerprint density at radius 1 is 1.46 bits per heavy atom. The Morgan fingerprint density at radius 3 is 2.38 bits per heavy atom. The van der Waals surface area contributed by atoms with Crippen LogP contribution in [0.4, 0.5) is 13.2 Å². The van der Waals surface area contributed by atoms with Crippen molar-refractivity contribution in [2.75, 3.05) is 0 Å². The molecule has 0 fully saturated rings. The Hall–Kier alpha value is -0.980. The number of alkyl halides is 3. The molecular formula is C6H3BrF3NO2. The Morgan fingerprint density at radius 2 is 2.00 bits per heavy atom. The van der Waals surface area contributed by atoms with Gasteiger partial charge in [-0.2, -0.15) is 13.2 Å². The fraction of sp³-hybridized carbons (Fsp3) is 0.167. The summed E-state index contributed by atoms with van der Waals surface area (Å²) >= 11 is 2.62. The van der Waals surface area contributed by atoms with E-state index in [1.807, 2.05) is 0 Å². The highest BCUT2D eigenvalue weighted by Crippen LogP contribution is 2.30. The zero-order valence-electron chi connectivity index (χ0n) is 5.94. The van der Waals surface area contributed by atoms with Crippen LogP contribution < -0.4 is 5.56 Å². The molecule has 1 aromatic rings. The normalized spacial score (nSPS) is 11.7. The van der Waals surface area contributed by atoms with Crippen molar-refractivity contribution in [3.63, 3.8) is 0 Å². The SMILES string of the molecule is O=c1[nH]c(C(F)(F)F)cc(O)c1Br. The van der Waals surface area contributed by atoms with Crippen LogP contribution >= 0.6 is 15.9 Å². The Kier molecular flexibility index (Phi) is 2.38. The lowest BCUT2D eigenvalue weighted by molar-refractivity contribution is -0.141. The summed E-state index contributed by atoms with van der Waals surface area (Å²) in [6.45, 7) is 0. The molecule has 7 heteroatoms. The summed E-state index contributed by atoms with van der Waals surface area (Å²) in [6, 6.07) is 0.436. The van der Waals surface area contributed by atoms with Crippen LogP contribution in [0.25, 0.3) is 0 Å². The van der Waals surface area contributed by atoms with Crippen LogP contribution in [-0.4, -0.2) is 10.1 Å². The second kappa shape index (κ2) is 3.06. The lowest BCUT2D eigenvalue weighted by Gasteiger charge is -2.06. The standard InChI is InChI=1S/C6H3BrF3NO2/c7-4-2(12)1-3(6(8,9)10)11-5(4)13/h1H,(H2,11,12,13). The van der Waals surface area contributed by atoms with Crippen molar-refractivity contribution in [2.24, 2.45) is 0 Å². The van der Waals surface area contributed by atoms with Crippen molar-refractivity contribution in [3.8, 4) is 5.75 Å². The van der Waals surface area contributed by atoms with E-state index in [0.717, 1.165) is 0 Å². The van der Waals surface area contributed by atoms with E-state index in [0.29, 0.717) is 6.07 Å². The van der Waals surface area contributed by atoms with E-state index in [1.54, 1.807) is 4.98 Å². The van der Waals surface area contributed by atoms with Crippen molar-refractivity contribution in [2.45, 2.75) is 6.18 Å². The summed E-state index contributed by atoms with van der Waals surface area (Å²) in [7, 11) is 0. The molecule has 0 saturated heterocycles. The molecule has 1 rings (SSSR count). The number of aromatic amines is 1. The molecular weight excluding hydrogens is 255 g/mol. The third-order valence-corrected chi connectivity index (χ3v) is 2.03. The molecule has 1 aromatic heterocycles. The lowest BCUT2D eigenvalue weighted by atomic mass is 10.3. The van der Waals surface area contributed by atoms with Crippen molar-refractivity contribution < 1.29 is 18.3 Å². The fourth-order valence-corrected chi connectivity index (χ4v) is 0.896. The van der Waals surface area contributed by atoms with Crippen LogP contribution in [-0.2, 0) is 6.18 Å². The van der Waals surface area contributed by atoms with E-state index in [9.17, 15) is 18.0 Å². The van der Waals surface area contributed by atoms with Gasteiger partial charge in [0.05, 0.1) is 0 Å². The van der Waals surface area contributed by atoms with E-state index >= 15 is 0 Å². The van der Waals surface area contributed by atoms with Gasteiger partial charge in [-0.15, -0.1) is 0 Å². The van der Waals surface area contributed by atoms with Gasteiger partial charge in [-0.3, -0.25) is 4.79 Å². The van der Waals surface area contributed by atoms with E-state index < -0.39 is 23.2 Å². The van der Waals surface area contributed by atoms with Crippen LogP contribution in [0.1, 0.15) is 5.69 Å². The minimum absolute atomic E-state index is 0.319. The number of H-pyrrole nitrogens is 1. The number of hydrogen-bond donors (Lipinski definition) is 2. The smallest absolute Gasteiger partial charge is 0.431 e. The van der Waals surface area contributed by atoms with E-state index in [2.05, 4.69) is 15.9 Å². The first-order chi connectivity index (χ1) is 5.82. The molecule has 72 valence electrons. The van der Waals surface area contributed by atoms with E-state index in [-0.39, 0.29) is 4.47 Å². The number of aromatic nitrogens is 1. The van der Waals surface area contributed by atoms with Gasteiger partial charge in [0.15, 0.2) is 0 Å². The summed E-state index contributed by atoms with van der Waals surface area (Å²) < 4.78 is 35.6. The predicted octanol–water partition coefficient (Wildman–Crippen LogP) is 1.86. The number of hydrogen-bond acceptors (Lipinski definition) is 2. The minimum Gasteiger partial charge on any atom is -0.506 e.